The maximum atomic E-state index is 14.2. The quantitative estimate of drug-likeness (QED) is 0.589. The highest BCUT2D eigenvalue weighted by Gasteiger charge is 2.52. The lowest BCUT2D eigenvalue weighted by Gasteiger charge is -2.32. The Morgan fingerprint density at radius 1 is 1.04 bits per heavy atom. The molecular formula is C16H19BF4O2. The lowest BCUT2D eigenvalue weighted by Crippen LogP contribution is -2.41. The molecule has 0 spiro atoms. The van der Waals surface area contributed by atoms with Gasteiger partial charge < -0.3 is 9.31 Å². The molecule has 1 aliphatic heterocycles. The lowest BCUT2D eigenvalue weighted by atomic mass is 9.87. The predicted molar refractivity (Wildman–Crippen MR) is 80.4 cm³/mol. The molecule has 126 valence electrons. The first-order chi connectivity index (χ1) is 10.4. The van der Waals surface area contributed by atoms with E-state index in [2.05, 4.69) is 0 Å². The molecule has 1 fully saturated rings. The standard InChI is InChI=1S/C16H19BF4O2/c1-14(2)15(3,4)23-17(22-14)13(18)10-7-11-5-8-12(9-6-11)16(19,20)21/h5-6,8-10H,7H2,1-4H3. The Labute approximate surface area is 133 Å². The molecule has 0 amide bonds. The summed E-state index contributed by atoms with van der Waals surface area (Å²) in [7, 11) is -1.09. The molecule has 0 radical (unpaired) electrons. The van der Waals surface area contributed by atoms with Gasteiger partial charge in [-0.05, 0) is 51.8 Å². The van der Waals surface area contributed by atoms with E-state index in [9.17, 15) is 17.6 Å². The third-order valence-corrected chi connectivity index (χ3v) is 4.29. The third-order valence-electron chi connectivity index (χ3n) is 4.29. The summed E-state index contributed by atoms with van der Waals surface area (Å²) in [5, 5.41) is 0. The molecular weight excluding hydrogens is 311 g/mol. The van der Waals surface area contributed by atoms with Crippen LogP contribution in [0.3, 0.4) is 0 Å². The highest BCUT2D eigenvalue weighted by Crippen LogP contribution is 2.38. The molecule has 0 N–H and O–H groups in total. The molecule has 7 heteroatoms. The van der Waals surface area contributed by atoms with E-state index in [1.807, 2.05) is 27.7 Å². The molecule has 1 saturated heterocycles. The molecule has 1 aromatic carbocycles. The second-order valence-corrected chi connectivity index (χ2v) is 6.58. The van der Waals surface area contributed by atoms with Crippen molar-refractivity contribution < 1.29 is 26.9 Å². The fraction of sp³-hybridized carbons (Fsp3) is 0.500. The number of hydrogen-bond donors (Lipinski definition) is 0. The van der Waals surface area contributed by atoms with Crippen LogP contribution in [0.5, 0.6) is 0 Å². The minimum Gasteiger partial charge on any atom is -0.398 e. The molecule has 2 nitrogen and oxygen atoms in total. The highest BCUT2D eigenvalue weighted by atomic mass is 19.4. The molecule has 0 aliphatic carbocycles. The van der Waals surface area contributed by atoms with Crippen LogP contribution in [0.2, 0.25) is 0 Å². The topological polar surface area (TPSA) is 18.5 Å². The second kappa shape index (κ2) is 5.94. The van der Waals surface area contributed by atoms with E-state index >= 15 is 0 Å². The van der Waals surface area contributed by atoms with Gasteiger partial charge in [-0.25, -0.2) is 4.39 Å². The molecule has 0 aromatic heterocycles. The summed E-state index contributed by atoms with van der Waals surface area (Å²) < 4.78 is 62.7. The lowest BCUT2D eigenvalue weighted by molar-refractivity contribution is -0.137. The Balaban J connectivity index is 2.03. The van der Waals surface area contributed by atoms with Crippen LogP contribution in [-0.4, -0.2) is 18.3 Å². The zero-order valence-corrected chi connectivity index (χ0v) is 13.5. The zero-order valence-electron chi connectivity index (χ0n) is 13.5. The molecule has 2 rings (SSSR count). The van der Waals surface area contributed by atoms with Crippen LogP contribution in [0.25, 0.3) is 0 Å². The van der Waals surface area contributed by atoms with Crippen molar-refractivity contribution in [3.63, 3.8) is 0 Å². The number of hydrogen-bond acceptors (Lipinski definition) is 2. The summed E-state index contributed by atoms with van der Waals surface area (Å²) >= 11 is 0. The Bertz CT molecular complexity index is 575. The molecule has 0 bridgehead atoms. The van der Waals surface area contributed by atoms with Gasteiger partial charge >= 0.3 is 13.3 Å². The van der Waals surface area contributed by atoms with Gasteiger partial charge in [-0.15, -0.1) is 0 Å². The molecule has 0 atom stereocenters. The Morgan fingerprint density at radius 2 is 1.52 bits per heavy atom. The molecule has 0 unspecified atom stereocenters. The van der Waals surface area contributed by atoms with Crippen LogP contribution < -0.4 is 0 Å². The van der Waals surface area contributed by atoms with Crippen molar-refractivity contribution in [1.29, 1.82) is 0 Å². The largest absolute Gasteiger partial charge is 0.524 e. The molecule has 23 heavy (non-hydrogen) atoms. The van der Waals surface area contributed by atoms with Gasteiger partial charge in [0.05, 0.1) is 16.8 Å². The van der Waals surface area contributed by atoms with E-state index in [0.29, 0.717) is 5.56 Å². The summed E-state index contributed by atoms with van der Waals surface area (Å²) in [4.78, 5) is 0. The van der Waals surface area contributed by atoms with Gasteiger partial charge in [0.2, 0.25) is 0 Å². The van der Waals surface area contributed by atoms with Crippen molar-refractivity contribution in [3.05, 3.63) is 47.2 Å². The monoisotopic (exact) mass is 330 g/mol. The van der Waals surface area contributed by atoms with E-state index < -0.39 is 35.8 Å². The van der Waals surface area contributed by atoms with Gasteiger partial charge in [0.1, 0.15) is 5.73 Å². The number of alkyl halides is 3. The van der Waals surface area contributed by atoms with Crippen LogP contribution in [0.1, 0.15) is 38.8 Å². The fourth-order valence-corrected chi connectivity index (χ4v) is 2.10. The van der Waals surface area contributed by atoms with E-state index in [4.69, 9.17) is 9.31 Å². The molecule has 1 heterocycles. The summed E-state index contributed by atoms with van der Waals surface area (Å²) in [5.74, 6) is 0. The van der Waals surface area contributed by atoms with Crippen LogP contribution in [-0.2, 0) is 21.9 Å². The van der Waals surface area contributed by atoms with Gasteiger partial charge in [-0.3, -0.25) is 0 Å². The van der Waals surface area contributed by atoms with Gasteiger partial charge in [0, 0.05) is 0 Å². The number of benzene rings is 1. The highest BCUT2D eigenvalue weighted by molar-refractivity contribution is 6.53. The SMILES string of the molecule is CC1(C)OB(C(F)=CCc2ccc(C(F)(F)F)cc2)OC1(C)C. The van der Waals surface area contributed by atoms with Crippen molar-refractivity contribution in [3.8, 4) is 0 Å². The Morgan fingerprint density at radius 3 is 1.96 bits per heavy atom. The normalized spacial score (nSPS) is 20.9. The van der Waals surface area contributed by atoms with Gasteiger partial charge in [0.25, 0.3) is 0 Å². The summed E-state index contributed by atoms with van der Waals surface area (Å²) in [6.45, 7) is 7.26. The maximum absolute atomic E-state index is 14.2. The molecule has 1 aromatic rings. The number of halogens is 4. The van der Waals surface area contributed by atoms with Crippen LogP contribution in [0, 0.1) is 0 Å². The van der Waals surface area contributed by atoms with Crippen LogP contribution >= 0.6 is 0 Å². The minimum atomic E-state index is -4.37. The van der Waals surface area contributed by atoms with Gasteiger partial charge in [-0.1, -0.05) is 18.2 Å². The smallest absolute Gasteiger partial charge is 0.398 e. The van der Waals surface area contributed by atoms with Gasteiger partial charge in [0.15, 0.2) is 0 Å². The Hall–Kier alpha value is -1.34. The number of rotatable bonds is 3. The Kier molecular flexibility index (Phi) is 4.65. The van der Waals surface area contributed by atoms with E-state index in [0.717, 1.165) is 12.1 Å². The fourth-order valence-electron chi connectivity index (χ4n) is 2.10. The first kappa shape index (κ1) is 18.0. The first-order valence-corrected chi connectivity index (χ1v) is 7.30. The van der Waals surface area contributed by atoms with E-state index in [1.54, 1.807) is 0 Å². The average Bonchev–Trinajstić information content (AvgIpc) is 2.64. The van der Waals surface area contributed by atoms with Crippen molar-refractivity contribution in [2.75, 3.05) is 0 Å². The van der Waals surface area contributed by atoms with E-state index in [1.165, 1.54) is 18.2 Å². The number of allylic oxidation sites excluding steroid dienone is 1. The summed E-state index contributed by atoms with van der Waals surface area (Å²) in [6, 6.07) is 4.62. The van der Waals surface area contributed by atoms with Crippen LogP contribution in [0.4, 0.5) is 17.6 Å². The maximum Gasteiger partial charge on any atom is 0.524 e. The average molecular weight is 330 g/mol. The second-order valence-electron chi connectivity index (χ2n) is 6.58. The summed E-state index contributed by atoms with van der Waals surface area (Å²) in [6.07, 6.45) is -2.94. The molecule has 0 saturated carbocycles. The predicted octanol–water partition coefficient (Wildman–Crippen LogP) is 4.73. The van der Waals surface area contributed by atoms with Crippen molar-refractivity contribution in [1.82, 2.24) is 0 Å². The van der Waals surface area contributed by atoms with Gasteiger partial charge in [-0.2, -0.15) is 13.2 Å². The van der Waals surface area contributed by atoms with Crippen molar-refractivity contribution in [2.24, 2.45) is 0 Å². The molecule has 1 aliphatic rings. The van der Waals surface area contributed by atoms with Crippen molar-refractivity contribution >= 4 is 7.12 Å². The van der Waals surface area contributed by atoms with Crippen molar-refractivity contribution in [2.45, 2.75) is 51.5 Å². The third kappa shape index (κ3) is 3.95. The minimum absolute atomic E-state index is 0.161. The zero-order chi connectivity index (χ0) is 17.5. The summed E-state index contributed by atoms with van der Waals surface area (Å²) in [5.41, 5.74) is -2.01. The van der Waals surface area contributed by atoms with E-state index in [-0.39, 0.29) is 6.42 Å². The van der Waals surface area contributed by atoms with Crippen LogP contribution in [0.15, 0.2) is 36.1 Å². The first-order valence-electron chi connectivity index (χ1n) is 7.30.